The first-order chi connectivity index (χ1) is 13.3. The first kappa shape index (κ1) is 19.3. The predicted molar refractivity (Wildman–Crippen MR) is 98.8 cm³/mol. The summed E-state index contributed by atoms with van der Waals surface area (Å²) >= 11 is 0. The Kier molecular flexibility index (Phi) is 5.30. The van der Waals surface area contributed by atoms with E-state index in [1.807, 2.05) is 6.92 Å². The summed E-state index contributed by atoms with van der Waals surface area (Å²) in [4.78, 5) is 25.6. The van der Waals surface area contributed by atoms with Crippen LogP contribution in [0.1, 0.15) is 33.1 Å². The van der Waals surface area contributed by atoms with Crippen molar-refractivity contribution in [2.75, 3.05) is 6.54 Å². The molecule has 0 bridgehead atoms. The van der Waals surface area contributed by atoms with E-state index < -0.39 is 24.2 Å². The molecule has 0 unspecified atom stereocenters. The molecule has 1 N–H and O–H groups in total. The van der Waals surface area contributed by atoms with Gasteiger partial charge < -0.3 is 14.5 Å². The van der Waals surface area contributed by atoms with E-state index in [0.29, 0.717) is 28.4 Å². The highest BCUT2D eigenvalue weighted by atomic mass is 19.1. The second-order valence-electron chi connectivity index (χ2n) is 6.60. The summed E-state index contributed by atoms with van der Waals surface area (Å²) in [5, 5.41) is 13.2. The minimum atomic E-state index is -1.13. The second-order valence-corrected chi connectivity index (χ2v) is 6.60. The zero-order valence-corrected chi connectivity index (χ0v) is 15.8. The largest absolute Gasteiger partial charge is 0.480 e. The number of benzene rings is 1. The molecule has 0 fully saturated rings. The van der Waals surface area contributed by atoms with Gasteiger partial charge in [-0.05, 0) is 44.5 Å². The van der Waals surface area contributed by atoms with Gasteiger partial charge in [0, 0.05) is 24.0 Å². The van der Waals surface area contributed by atoms with Crippen LogP contribution in [0, 0.1) is 26.6 Å². The number of hydrogen-bond donors (Lipinski definition) is 1. The highest BCUT2D eigenvalue weighted by Crippen LogP contribution is 2.22. The van der Waals surface area contributed by atoms with Crippen LogP contribution in [0.4, 0.5) is 4.39 Å². The van der Waals surface area contributed by atoms with Gasteiger partial charge in [0.1, 0.15) is 18.1 Å². The van der Waals surface area contributed by atoms with Crippen molar-refractivity contribution >= 4 is 11.9 Å². The molecule has 1 aromatic carbocycles. The number of rotatable bonds is 6. The zero-order chi connectivity index (χ0) is 20.4. The monoisotopic (exact) mass is 385 g/mol. The Morgan fingerprint density at radius 3 is 2.43 bits per heavy atom. The first-order valence-electron chi connectivity index (χ1n) is 8.64. The summed E-state index contributed by atoms with van der Waals surface area (Å²) in [6, 6.07) is 9.05. The van der Waals surface area contributed by atoms with E-state index in [1.165, 1.54) is 29.2 Å². The van der Waals surface area contributed by atoms with Gasteiger partial charge in [-0.1, -0.05) is 17.3 Å². The van der Waals surface area contributed by atoms with Crippen LogP contribution in [0.3, 0.4) is 0 Å². The van der Waals surface area contributed by atoms with Crippen molar-refractivity contribution in [3.63, 3.8) is 0 Å². The van der Waals surface area contributed by atoms with Crippen molar-refractivity contribution < 1.29 is 23.6 Å². The van der Waals surface area contributed by atoms with Crippen LogP contribution in [0.5, 0.6) is 0 Å². The Bertz CT molecular complexity index is 1020. The molecular weight excluding hydrogens is 365 g/mol. The van der Waals surface area contributed by atoms with Gasteiger partial charge in [0.25, 0.3) is 5.91 Å². The fraction of sp³-hybridized carbons (Fsp3) is 0.250. The number of carbonyl (C=O) groups excluding carboxylic acids is 1. The third kappa shape index (κ3) is 3.95. The van der Waals surface area contributed by atoms with Gasteiger partial charge in [-0.25, -0.2) is 4.39 Å². The number of amides is 1. The third-order valence-electron chi connectivity index (χ3n) is 4.41. The molecule has 0 spiro atoms. The van der Waals surface area contributed by atoms with Gasteiger partial charge in [0.2, 0.25) is 0 Å². The number of carboxylic acid groups (broad SMARTS) is 1. The quantitative estimate of drug-likeness (QED) is 0.704. The van der Waals surface area contributed by atoms with Crippen LogP contribution >= 0.6 is 0 Å². The van der Waals surface area contributed by atoms with Crippen molar-refractivity contribution in [1.29, 1.82) is 0 Å². The minimum absolute atomic E-state index is 0.0537. The summed E-state index contributed by atoms with van der Waals surface area (Å²) in [5.41, 5.74) is 2.41. The lowest BCUT2D eigenvalue weighted by Crippen LogP contribution is -2.35. The first-order valence-corrected chi connectivity index (χ1v) is 8.64. The lowest BCUT2D eigenvalue weighted by atomic mass is 10.1. The number of halogens is 1. The van der Waals surface area contributed by atoms with Crippen LogP contribution in [-0.4, -0.2) is 38.2 Å². The van der Waals surface area contributed by atoms with Gasteiger partial charge in [-0.3, -0.25) is 14.2 Å². The van der Waals surface area contributed by atoms with Crippen LogP contribution in [-0.2, 0) is 11.3 Å². The minimum Gasteiger partial charge on any atom is -0.480 e. The highest BCUT2D eigenvalue weighted by Gasteiger charge is 2.24. The van der Waals surface area contributed by atoms with Crippen molar-refractivity contribution in [1.82, 2.24) is 14.6 Å². The van der Waals surface area contributed by atoms with Crippen LogP contribution in [0.15, 0.2) is 40.9 Å². The van der Waals surface area contributed by atoms with E-state index in [9.17, 15) is 19.1 Å². The molecule has 2 heterocycles. The molecule has 1 amide bonds. The maximum absolute atomic E-state index is 13.1. The molecule has 3 rings (SSSR count). The van der Waals surface area contributed by atoms with Crippen molar-refractivity contribution in [3.05, 3.63) is 70.5 Å². The Morgan fingerprint density at radius 1 is 1.18 bits per heavy atom. The number of carboxylic acids is 1. The molecule has 7 nitrogen and oxygen atoms in total. The Hall–Kier alpha value is -3.42. The standard InChI is InChI=1S/C20H20FN3O4/c1-12-8-17(14(3)24(12)18-9-13(2)28-22-18)20(27)23(11-19(25)26)10-15-4-6-16(21)7-5-15/h4-9H,10-11H2,1-3H3,(H,25,26). The molecule has 3 aromatic rings. The molecule has 0 aliphatic rings. The number of nitrogens with zero attached hydrogens (tertiary/aromatic N) is 3. The number of hydrogen-bond acceptors (Lipinski definition) is 4. The molecule has 0 atom stereocenters. The molecule has 0 saturated carbocycles. The normalized spacial score (nSPS) is 10.9. The van der Waals surface area contributed by atoms with Crippen LogP contribution < -0.4 is 0 Å². The average molecular weight is 385 g/mol. The summed E-state index contributed by atoms with van der Waals surface area (Å²) in [6.07, 6.45) is 0. The third-order valence-corrected chi connectivity index (χ3v) is 4.41. The predicted octanol–water partition coefficient (Wildman–Crippen LogP) is 3.26. The van der Waals surface area contributed by atoms with Crippen molar-refractivity contribution in [2.24, 2.45) is 0 Å². The highest BCUT2D eigenvalue weighted by molar-refractivity contribution is 5.97. The van der Waals surface area contributed by atoms with Crippen LogP contribution in [0.2, 0.25) is 0 Å². The van der Waals surface area contributed by atoms with E-state index in [2.05, 4.69) is 5.16 Å². The molecule has 8 heteroatoms. The maximum Gasteiger partial charge on any atom is 0.323 e. The zero-order valence-electron chi connectivity index (χ0n) is 15.8. The SMILES string of the molecule is Cc1cc(-n2c(C)cc(C(=O)N(CC(=O)O)Cc3ccc(F)cc3)c2C)no1. The fourth-order valence-electron chi connectivity index (χ4n) is 3.13. The molecule has 0 radical (unpaired) electrons. The number of aliphatic carboxylic acids is 1. The second kappa shape index (κ2) is 7.67. The Labute approximate surface area is 161 Å². The summed E-state index contributed by atoms with van der Waals surface area (Å²) in [6.45, 7) is 4.95. The van der Waals surface area contributed by atoms with Gasteiger partial charge >= 0.3 is 5.97 Å². The Balaban J connectivity index is 1.94. The molecule has 0 aliphatic heterocycles. The van der Waals surface area contributed by atoms with E-state index in [-0.39, 0.29) is 6.54 Å². The van der Waals surface area contributed by atoms with Crippen molar-refractivity contribution in [2.45, 2.75) is 27.3 Å². The lowest BCUT2D eigenvalue weighted by molar-refractivity contribution is -0.137. The van der Waals surface area contributed by atoms with Gasteiger partial charge in [0.15, 0.2) is 5.82 Å². The van der Waals surface area contributed by atoms with Gasteiger partial charge in [-0.15, -0.1) is 0 Å². The molecule has 28 heavy (non-hydrogen) atoms. The maximum atomic E-state index is 13.1. The molecule has 0 saturated heterocycles. The summed E-state index contributed by atoms with van der Waals surface area (Å²) in [7, 11) is 0. The van der Waals surface area contributed by atoms with Gasteiger partial charge in [-0.2, -0.15) is 0 Å². The average Bonchev–Trinajstić information content (AvgIpc) is 3.17. The number of aryl methyl sites for hydroxylation is 2. The molecule has 146 valence electrons. The van der Waals surface area contributed by atoms with E-state index in [1.54, 1.807) is 30.5 Å². The number of carbonyl (C=O) groups is 2. The summed E-state index contributed by atoms with van der Waals surface area (Å²) in [5.74, 6) is -0.761. The molecule has 0 aliphatic carbocycles. The smallest absolute Gasteiger partial charge is 0.323 e. The van der Waals surface area contributed by atoms with E-state index >= 15 is 0 Å². The van der Waals surface area contributed by atoms with Gasteiger partial charge in [0.05, 0.1) is 5.56 Å². The van der Waals surface area contributed by atoms with Crippen LogP contribution in [0.25, 0.3) is 5.82 Å². The molecule has 2 aromatic heterocycles. The number of aromatic nitrogens is 2. The lowest BCUT2D eigenvalue weighted by Gasteiger charge is -2.21. The van der Waals surface area contributed by atoms with E-state index in [4.69, 9.17) is 4.52 Å². The fourth-order valence-corrected chi connectivity index (χ4v) is 3.13. The Morgan fingerprint density at radius 2 is 1.86 bits per heavy atom. The molecular formula is C20H20FN3O4. The van der Waals surface area contributed by atoms with Crippen molar-refractivity contribution in [3.8, 4) is 5.82 Å². The topological polar surface area (TPSA) is 88.6 Å². The van der Waals surface area contributed by atoms with E-state index in [0.717, 1.165) is 5.69 Å². The summed E-state index contributed by atoms with van der Waals surface area (Å²) < 4.78 is 20.0.